The normalized spacial score (nSPS) is 13.6. The summed E-state index contributed by atoms with van der Waals surface area (Å²) in [5.41, 5.74) is 10.5. The van der Waals surface area contributed by atoms with Gasteiger partial charge in [0.05, 0.1) is 40.1 Å². The van der Waals surface area contributed by atoms with Crippen molar-refractivity contribution in [2.75, 3.05) is 62.2 Å². The number of hydrogen-bond acceptors (Lipinski definition) is 11. The molecule has 4 N–H and O–H groups in total. The van der Waals surface area contributed by atoms with Crippen molar-refractivity contribution in [1.82, 2.24) is 24.6 Å². The summed E-state index contributed by atoms with van der Waals surface area (Å²) >= 11 is 3.55. The van der Waals surface area contributed by atoms with Gasteiger partial charge >= 0.3 is 6.03 Å². The third-order valence-electron chi connectivity index (χ3n) is 7.61. The summed E-state index contributed by atoms with van der Waals surface area (Å²) < 4.78 is 21.7. The van der Waals surface area contributed by atoms with Gasteiger partial charge in [0, 0.05) is 74.7 Å². The number of aryl methyl sites for hydroxylation is 1. The van der Waals surface area contributed by atoms with Gasteiger partial charge in [-0.3, -0.25) is 14.7 Å². The number of rotatable bonds is 10. The molecule has 1 aliphatic heterocycles. The summed E-state index contributed by atoms with van der Waals surface area (Å²) in [6, 6.07) is 7.07. The van der Waals surface area contributed by atoms with E-state index in [-0.39, 0.29) is 0 Å². The van der Waals surface area contributed by atoms with Gasteiger partial charge in [-0.25, -0.2) is 9.78 Å². The number of carbonyl (C=O) groups is 1. The van der Waals surface area contributed by atoms with Crippen LogP contribution in [0.15, 0.2) is 57.3 Å². The topological polar surface area (TPSA) is 168 Å². The number of aromatic nitrogens is 4. The lowest BCUT2D eigenvalue weighted by molar-refractivity contribution is 0.204. The maximum Gasteiger partial charge on any atom is 0.314 e. The molecule has 14 nitrogen and oxygen atoms in total. The molecule has 0 spiro atoms. The van der Waals surface area contributed by atoms with Gasteiger partial charge in [0.15, 0.2) is 0 Å². The molecular formula is C31H37BrN11O3P. The molecule has 47 heavy (non-hydrogen) atoms. The van der Waals surface area contributed by atoms with E-state index in [2.05, 4.69) is 58.2 Å². The predicted molar refractivity (Wildman–Crippen MR) is 193 cm³/mol. The predicted octanol–water partition coefficient (Wildman–Crippen LogP) is 5.64. The molecule has 1 aliphatic rings. The van der Waals surface area contributed by atoms with Crippen molar-refractivity contribution in [2.24, 2.45) is 22.8 Å². The van der Waals surface area contributed by atoms with Crippen molar-refractivity contribution in [1.29, 1.82) is 0 Å². The molecule has 0 aliphatic carbocycles. The summed E-state index contributed by atoms with van der Waals surface area (Å²) in [4.78, 5) is 33.4. The molecule has 0 atom stereocenters. The Morgan fingerprint density at radius 3 is 2.49 bits per heavy atom. The van der Waals surface area contributed by atoms with Crippen molar-refractivity contribution in [2.45, 2.75) is 6.92 Å². The van der Waals surface area contributed by atoms with Gasteiger partial charge in [0.1, 0.15) is 24.4 Å². The highest BCUT2D eigenvalue weighted by Crippen LogP contribution is 2.46. The first kappa shape index (κ1) is 33.6. The zero-order chi connectivity index (χ0) is 33.9. The van der Waals surface area contributed by atoms with Crippen molar-refractivity contribution in [3.05, 3.63) is 47.3 Å². The average Bonchev–Trinajstić information content (AvgIpc) is 3.48. The molecular weight excluding hydrogens is 685 g/mol. The first-order chi connectivity index (χ1) is 22.4. The monoisotopic (exact) mass is 721 g/mol. The van der Waals surface area contributed by atoms with Crippen LogP contribution in [0.2, 0.25) is 0 Å². The minimum atomic E-state index is -2.84. The standard InChI is InChI=1S/C31H37BrN11O3P/c1-7-35-27-22(34-2)8-9-23(28(27)47(5,6)45)38-29-21(32)17-36-31(40-29)39-24-14-20(19-16-37-41(3)18-19)25(15-26(24)46-4)42-10-12-43(13-11-42)30(33)44/h7-9,14-18H,2,10-13H2,1,3-6H3,(H2,33,44)(H2,36,38,39,40)/b35-7-. The minimum Gasteiger partial charge on any atom is -0.494 e. The van der Waals surface area contributed by atoms with Gasteiger partial charge in [0.25, 0.3) is 0 Å². The zero-order valence-corrected chi connectivity index (χ0v) is 29.3. The fraction of sp³-hybridized carbons (Fsp3) is 0.290. The molecule has 5 rings (SSSR count). The first-order valence-corrected chi connectivity index (χ1v) is 18.1. The van der Waals surface area contributed by atoms with E-state index in [1.54, 1.807) is 67.7 Å². The Balaban J connectivity index is 1.53. The highest BCUT2D eigenvalue weighted by atomic mass is 79.9. The number of halogens is 1. The van der Waals surface area contributed by atoms with Crippen LogP contribution in [0.1, 0.15) is 6.92 Å². The lowest BCUT2D eigenvalue weighted by Gasteiger charge is -2.36. The van der Waals surface area contributed by atoms with E-state index in [9.17, 15) is 9.36 Å². The van der Waals surface area contributed by atoms with Crippen LogP contribution in [0.4, 0.5) is 45.0 Å². The molecule has 2 aromatic carbocycles. The Kier molecular flexibility index (Phi) is 9.96. The molecule has 4 aromatic rings. The highest BCUT2D eigenvalue weighted by molar-refractivity contribution is 9.10. The summed E-state index contributed by atoms with van der Waals surface area (Å²) in [7, 11) is 0.620. The number of urea groups is 1. The number of primary amides is 1. The number of piperazine rings is 1. The Labute approximate surface area is 281 Å². The summed E-state index contributed by atoms with van der Waals surface area (Å²) in [6.45, 7) is 11.1. The van der Waals surface area contributed by atoms with Crippen molar-refractivity contribution in [3.8, 4) is 16.9 Å². The molecule has 2 amide bonds. The van der Waals surface area contributed by atoms with Crippen LogP contribution in [0.25, 0.3) is 11.1 Å². The molecule has 246 valence electrons. The van der Waals surface area contributed by atoms with E-state index in [0.29, 0.717) is 76.2 Å². The van der Waals surface area contributed by atoms with Gasteiger partial charge in [-0.1, -0.05) is 0 Å². The lowest BCUT2D eigenvalue weighted by atomic mass is 10.0. The van der Waals surface area contributed by atoms with Crippen molar-refractivity contribution in [3.63, 3.8) is 0 Å². The SMILES string of the molecule is C=Nc1ccc(Nc2nc(Nc3cc(-c4cnn(C)c4)c(N4CCN(C(N)=O)CC4)cc3OC)ncc2Br)c(P(C)(C)=O)c1/N=C\C. The molecule has 0 saturated carbocycles. The average molecular weight is 723 g/mol. The number of aliphatic imine (C=N–C) groups is 2. The number of methoxy groups -OCH3 is 1. The first-order valence-electron chi connectivity index (χ1n) is 14.7. The number of nitrogens with two attached hydrogens (primary N) is 1. The molecule has 3 heterocycles. The van der Waals surface area contributed by atoms with E-state index in [1.165, 1.54) is 0 Å². The number of anilines is 5. The quantitative estimate of drug-likeness (QED) is 0.139. The third-order valence-corrected chi connectivity index (χ3v) is 9.72. The molecule has 2 aromatic heterocycles. The highest BCUT2D eigenvalue weighted by Gasteiger charge is 2.26. The Hall–Kier alpha value is -4.75. The largest absolute Gasteiger partial charge is 0.494 e. The Morgan fingerprint density at radius 1 is 1.15 bits per heavy atom. The summed E-state index contributed by atoms with van der Waals surface area (Å²) in [5, 5.41) is 11.6. The number of benzene rings is 2. The van der Waals surface area contributed by atoms with E-state index < -0.39 is 13.2 Å². The molecule has 1 fully saturated rings. The molecule has 0 unspecified atom stereocenters. The van der Waals surface area contributed by atoms with E-state index in [0.717, 1.165) is 16.8 Å². The lowest BCUT2D eigenvalue weighted by Crippen LogP contribution is -2.50. The van der Waals surface area contributed by atoms with Crippen molar-refractivity contribution >= 4 is 87.5 Å². The zero-order valence-electron chi connectivity index (χ0n) is 26.9. The Morgan fingerprint density at radius 2 is 1.89 bits per heavy atom. The molecule has 1 saturated heterocycles. The van der Waals surface area contributed by atoms with Crippen LogP contribution in [-0.2, 0) is 11.6 Å². The number of hydrogen-bond donors (Lipinski definition) is 3. The van der Waals surface area contributed by atoms with E-state index in [4.69, 9.17) is 15.5 Å². The van der Waals surface area contributed by atoms with Crippen LogP contribution in [0.5, 0.6) is 5.75 Å². The second-order valence-corrected chi connectivity index (χ2v) is 15.2. The number of amides is 2. The number of carbonyl (C=O) groups excluding carboxylic acids is 1. The summed E-state index contributed by atoms with van der Waals surface area (Å²) in [5.74, 6) is 1.31. The maximum absolute atomic E-state index is 13.5. The maximum atomic E-state index is 13.5. The minimum absolute atomic E-state index is 0.294. The second kappa shape index (κ2) is 13.9. The van der Waals surface area contributed by atoms with Gasteiger partial charge in [0.2, 0.25) is 5.95 Å². The van der Waals surface area contributed by atoms with Gasteiger partial charge in [-0.05, 0) is 61.1 Å². The second-order valence-electron chi connectivity index (χ2n) is 11.2. The molecule has 0 bridgehead atoms. The summed E-state index contributed by atoms with van der Waals surface area (Å²) in [6.07, 6.45) is 7.00. The van der Waals surface area contributed by atoms with E-state index >= 15 is 0 Å². The van der Waals surface area contributed by atoms with Crippen LogP contribution in [0.3, 0.4) is 0 Å². The fourth-order valence-corrected chi connectivity index (χ4v) is 7.10. The smallest absolute Gasteiger partial charge is 0.314 e. The van der Waals surface area contributed by atoms with Gasteiger partial charge < -0.3 is 35.5 Å². The number of ether oxygens (including phenoxy) is 1. The van der Waals surface area contributed by atoms with Crippen LogP contribution in [0, 0.1) is 0 Å². The fourth-order valence-electron chi connectivity index (χ4n) is 5.42. The van der Waals surface area contributed by atoms with E-state index in [1.807, 2.05) is 25.4 Å². The number of nitrogens with zero attached hydrogens (tertiary/aromatic N) is 8. The van der Waals surface area contributed by atoms with Gasteiger partial charge in [-0.2, -0.15) is 10.1 Å². The molecule has 0 radical (unpaired) electrons. The third kappa shape index (κ3) is 7.31. The number of nitrogens with one attached hydrogen (secondary N) is 2. The van der Waals surface area contributed by atoms with Crippen LogP contribution < -0.4 is 31.3 Å². The van der Waals surface area contributed by atoms with Gasteiger partial charge in [-0.15, -0.1) is 0 Å². The Bertz CT molecular complexity index is 1900. The van der Waals surface area contributed by atoms with Crippen LogP contribution in [-0.4, -0.2) is 90.2 Å². The molecule has 16 heteroatoms. The van der Waals surface area contributed by atoms with Crippen LogP contribution >= 0.6 is 23.1 Å². The van der Waals surface area contributed by atoms with Crippen molar-refractivity contribution < 1.29 is 14.1 Å².